The van der Waals surface area contributed by atoms with Gasteiger partial charge in [0.25, 0.3) is 5.91 Å². The number of aryl methyl sites for hydroxylation is 1. The van der Waals surface area contributed by atoms with Crippen molar-refractivity contribution in [2.45, 2.75) is 58.7 Å². The standard InChI is InChI=1S/C19H26F2N2O.C12H12F3NO.CH3.Cs/c1-13-10-16(24-3)15(14-4-7-22-18(13)14)12-23-8-5-19(2,6-9-23)11-17(20)21;13-12(14,15)6-9-7-16(8-9)11(17)10-4-2-1-3-5-10;;/h4,7,10,17,22H,5-6,8-9,11-12H2,1-3H3;1-5,9H,6-8H2;1H3;/q;;-1;+1. The Morgan fingerprint density at radius 2 is 1.74 bits per heavy atom. The molecule has 3 aromatic rings. The Balaban J connectivity index is 0.000000302. The molecule has 0 aliphatic carbocycles. The molecule has 2 aliphatic rings. The Bertz CT molecular complexity index is 1300. The van der Waals surface area contributed by atoms with Crippen molar-refractivity contribution in [3.8, 4) is 5.75 Å². The summed E-state index contributed by atoms with van der Waals surface area (Å²) in [7, 11) is 1.70. The number of carbonyl (C=O) groups is 1. The summed E-state index contributed by atoms with van der Waals surface area (Å²) in [6.07, 6.45) is -3.53. The molecule has 1 N–H and O–H groups in total. The Morgan fingerprint density at radius 1 is 1.12 bits per heavy atom. The number of aromatic amines is 1. The van der Waals surface area contributed by atoms with E-state index in [4.69, 9.17) is 4.74 Å². The number of halogens is 5. The van der Waals surface area contributed by atoms with Crippen LogP contribution in [0, 0.1) is 25.7 Å². The number of aromatic nitrogens is 1. The van der Waals surface area contributed by atoms with Crippen LogP contribution >= 0.6 is 0 Å². The first-order valence-corrected chi connectivity index (χ1v) is 13.9. The normalized spacial score (nSPS) is 16.9. The van der Waals surface area contributed by atoms with Crippen LogP contribution < -0.4 is 73.6 Å². The molecule has 5 nitrogen and oxygen atoms in total. The number of methoxy groups -OCH3 is 1. The molecule has 2 saturated heterocycles. The predicted molar refractivity (Wildman–Crippen MR) is 156 cm³/mol. The third kappa shape index (κ3) is 10.5. The van der Waals surface area contributed by atoms with Gasteiger partial charge in [-0.15, -0.1) is 0 Å². The van der Waals surface area contributed by atoms with Crippen LogP contribution in [0.3, 0.4) is 0 Å². The van der Waals surface area contributed by atoms with Gasteiger partial charge in [-0.25, -0.2) is 8.78 Å². The zero-order valence-electron chi connectivity index (χ0n) is 25.7. The number of amides is 1. The summed E-state index contributed by atoms with van der Waals surface area (Å²) in [5.41, 5.74) is 3.78. The number of ether oxygens (including phenoxy) is 1. The SMILES string of the molecule is COc1cc(C)c2[nH]ccc2c1CN1CCC(C)(CC(F)F)CC1.O=C(c1ccccc1)N1CC(CC(F)(F)F)C1.[CH3-].[Cs+]. The number of nitrogens with zero attached hydrogens (tertiary/aromatic N) is 2. The number of likely N-dealkylation sites (tertiary alicyclic amines) is 2. The summed E-state index contributed by atoms with van der Waals surface area (Å²) in [6.45, 7) is 6.97. The van der Waals surface area contributed by atoms with E-state index < -0.39 is 24.9 Å². The fourth-order valence-corrected chi connectivity index (χ4v) is 5.79. The fraction of sp³-hybridized carbons (Fsp3) is 0.500. The summed E-state index contributed by atoms with van der Waals surface area (Å²) in [5, 5.41) is 1.19. The molecule has 232 valence electrons. The molecule has 0 saturated carbocycles. The molecule has 0 unspecified atom stereocenters. The van der Waals surface area contributed by atoms with Gasteiger partial charge in [0.2, 0.25) is 6.43 Å². The Labute approximate surface area is 310 Å². The molecule has 0 spiro atoms. The van der Waals surface area contributed by atoms with Gasteiger partial charge in [0.05, 0.1) is 7.11 Å². The summed E-state index contributed by atoms with van der Waals surface area (Å²) in [6, 6.07) is 12.8. The van der Waals surface area contributed by atoms with Gasteiger partial charge >= 0.3 is 75.1 Å². The summed E-state index contributed by atoms with van der Waals surface area (Å²) in [5.74, 6) is 0.271. The van der Waals surface area contributed by atoms with Crippen molar-refractivity contribution in [1.29, 1.82) is 0 Å². The monoisotopic (exact) mass is 727 g/mol. The zero-order chi connectivity index (χ0) is 29.8. The van der Waals surface area contributed by atoms with E-state index in [1.165, 1.54) is 21.4 Å². The number of carbonyl (C=O) groups excluding carboxylic acids is 1. The molecular weight excluding hydrogens is 686 g/mol. The Kier molecular flexibility index (Phi) is 14.6. The van der Waals surface area contributed by atoms with Crippen molar-refractivity contribution in [1.82, 2.24) is 14.8 Å². The number of hydrogen-bond acceptors (Lipinski definition) is 3. The number of piperidine rings is 1. The van der Waals surface area contributed by atoms with E-state index in [-0.39, 0.29) is 107 Å². The van der Waals surface area contributed by atoms with Crippen molar-refractivity contribution < 1.29 is 100 Å². The van der Waals surface area contributed by atoms with Crippen LogP contribution in [0.25, 0.3) is 10.9 Å². The molecule has 0 bridgehead atoms. The van der Waals surface area contributed by atoms with E-state index >= 15 is 0 Å². The minimum Gasteiger partial charge on any atom is -0.496 e. The second-order valence-electron chi connectivity index (χ2n) is 11.6. The first-order chi connectivity index (χ1) is 19.4. The molecule has 5 rings (SSSR count). The molecule has 2 fully saturated rings. The van der Waals surface area contributed by atoms with Gasteiger partial charge in [-0.05, 0) is 68.1 Å². The predicted octanol–water partition coefficient (Wildman–Crippen LogP) is 4.91. The molecule has 0 atom stereocenters. The Morgan fingerprint density at radius 3 is 2.30 bits per heavy atom. The van der Waals surface area contributed by atoms with Gasteiger partial charge in [-0.3, -0.25) is 9.69 Å². The van der Waals surface area contributed by atoms with E-state index in [9.17, 15) is 26.7 Å². The number of rotatable bonds is 7. The summed E-state index contributed by atoms with van der Waals surface area (Å²) in [4.78, 5) is 18.9. The molecular formula is C32H41CsF5N3O2. The maximum atomic E-state index is 12.8. The van der Waals surface area contributed by atoms with E-state index in [0.717, 1.165) is 43.7 Å². The quantitative estimate of drug-likeness (QED) is 0.279. The maximum absolute atomic E-state index is 12.8. The average Bonchev–Trinajstić information content (AvgIpc) is 3.39. The van der Waals surface area contributed by atoms with Crippen molar-refractivity contribution in [3.05, 3.63) is 72.8 Å². The van der Waals surface area contributed by atoms with Gasteiger partial charge in [-0.1, -0.05) is 25.1 Å². The number of benzene rings is 2. The van der Waals surface area contributed by atoms with Crippen molar-refractivity contribution in [3.63, 3.8) is 0 Å². The number of nitrogens with one attached hydrogen (secondary N) is 1. The third-order valence-corrected chi connectivity index (χ3v) is 8.21. The topological polar surface area (TPSA) is 48.6 Å². The van der Waals surface area contributed by atoms with E-state index in [2.05, 4.69) is 28.9 Å². The van der Waals surface area contributed by atoms with Gasteiger partial charge in [0, 0.05) is 66.6 Å². The largest absolute Gasteiger partial charge is 1.00 e. The van der Waals surface area contributed by atoms with E-state index in [1.54, 1.807) is 37.4 Å². The maximum Gasteiger partial charge on any atom is 1.00 e. The van der Waals surface area contributed by atoms with Gasteiger partial charge < -0.3 is 22.0 Å². The second kappa shape index (κ2) is 16.5. The third-order valence-electron chi connectivity index (χ3n) is 8.21. The van der Waals surface area contributed by atoms with Gasteiger partial charge in [0.1, 0.15) is 5.75 Å². The number of H-pyrrole nitrogens is 1. The summed E-state index contributed by atoms with van der Waals surface area (Å²) >= 11 is 0. The van der Waals surface area contributed by atoms with Crippen molar-refractivity contribution in [2.24, 2.45) is 11.3 Å². The van der Waals surface area contributed by atoms with Gasteiger partial charge in [0.15, 0.2) is 0 Å². The van der Waals surface area contributed by atoms with E-state index in [0.29, 0.717) is 5.56 Å². The second-order valence-corrected chi connectivity index (χ2v) is 11.6. The average molecular weight is 728 g/mol. The minimum absolute atomic E-state index is 0. The summed E-state index contributed by atoms with van der Waals surface area (Å²) < 4.78 is 67.3. The van der Waals surface area contributed by atoms with Crippen LogP contribution in [0.1, 0.15) is 54.1 Å². The molecule has 0 radical (unpaired) electrons. The van der Waals surface area contributed by atoms with Crippen LogP contribution in [0.2, 0.25) is 0 Å². The number of fused-ring (bicyclic) bond motifs is 1. The van der Waals surface area contributed by atoms with E-state index in [1.807, 2.05) is 13.1 Å². The molecule has 1 aromatic heterocycles. The van der Waals surface area contributed by atoms with Crippen LogP contribution in [-0.2, 0) is 6.54 Å². The number of hydrogen-bond donors (Lipinski definition) is 1. The molecule has 43 heavy (non-hydrogen) atoms. The molecule has 11 heteroatoms. The Hall–Kier alpha value is -1.09. The van der Waals surface area contributed by atoms with Crippen molar-refractivity contribution >= 4 is 16.8 Å². The molecule has 2 aromatic carbocycles. The van der Waals surface area contributed by atoms with Crippen LogP contribution in [-0.4, -0.2) is 66.6 Å². The minimum atomic E-state index is -4.13. The fourth-order valence-electron chi connectivity index (χ4n) is 5.79. The first-order valence-electron chi connectivity index (χ1n) is 13.9. The molecule has 2 aliphatic heterocycles. The van der Waals surface area contributed by atoms with Gasteiger partial charge in [-0.2, -0.15) is 13.2 Å². The molecule has 3 heterocycles. The van der Waals surface area contributed by atoms with Crippen LogP contribution in [0.5, 0.6) is 5.75 Å². The van der Waals surface area contributed by atoms with Crippen LogP contribution in [0.15, 0.2) is 48.7 Å². The zero-order valence-corrected chi connectivity index (χ0v) is 32.0. The number of alkyl halides is 5. The van der Waals surface area contributed by atoms with Crippen LogP contribution in [0.4, 0.5) is 22.0 Å². The first kappa shape index (κ1) is 38.1. The smallest absolute Gasteiger partial charge is 0.496 e. The van der Waals surface area contributed by atoms with Crippen molar-refractivity contribution in [2.75, 3.05) is 33.3 Å². The molecule has 1 amide bonds.